The van der Waals surface area contributed by atoms with Crippen LogP contribution in [-0.2, 0) is 4.79 Å². The monoisotopic (exact) mass is 486 g/mol. The molecule has 1 aromatic heterocycles. The molecular weight excluding hydrogens is 464 g/mol. The van der Waals surface area contributed by atoms with Gasteiger partial charge >= 0.3 is 6.09 Å². The molecule has 2 aliphatic heterocycles. The van der Waals surface area contributed by atoms with Gasteiger partial charge in [0.25, 0.3) is 11.1 Å². The predicted molar refractivity (Wildman–Crippen MR) is 122 cm³/mol. The van der Waals surface area contributed by atoms with Gasteiger partial charge in [-0.1, -0.05) is 6.07 Å². The molecule has 0 saturated carbocycles. The molecule has 0 atom stereocenters. The van der Waals surface area contributed by atoms with Crippen molar-refractivity contribution in [2.45, 2.75) is 25.9 Å². The Balaban J connectivity index is 1.48. The lowest BCUT2D eigenvalue weighted by Crippen LogP contribution is -2.41. The van der Waals surface area contributed by atoms with E-state index in [1.165, 1.54) is 18.3 Å². The number of carboxylic acid groups (broad SMARTS) is 1. The first-order valence-corrected chi connectivity index (χ1v) is 11.2. The summed E-state index contributed by atoms with van der Waals surface area (Å²) in [6.07, 6.45) is 2.98. The molecule has 0 spiro atoms. The molecule has 2 N–H and O–H groups in total. The van der Waals surface area contributed by atoms with Crippen LogP contribution in [-0.4, -0.2) is 63.5 Å². The molecule has 2 fully saturated rings. The zero-order chi connectivity index (χ0) is 24.2. The smallest absolute Gasteiger partial charge is 0.407 e. The zero-order valence-corrected chi connectivity index (χ0v) is 19.3. The molecule has 2 saturated heterocycles. The first kappa shape index (κ1) is 23.4. The molecule has 34 heavy (non-hydrogen) atoms. The average Bonchev–Trinajstić information content (AvgIpc) is 3.14. The van der Waals surface area contributed by atoms with Crippen molar-refractivity contribution >= 4 is 35.1 Å². The molecule has 3 heterocycles. The third-order valence-corrected chi connectivity index (χ3v) is 6.13. The van der Waals surface area contributed by atoms with E-state index >= 15 is 0 Å². The Morgan fingerprint density at radius 2 is 1.94 bits per heavy atom. The Bertz CT molecular complexity index is 1160. The van der Waals surface area contributed by atoms with Crippen LogP contribution in [0.4, 0.5) is 9.59 Å². The van der Waals surface area contributed by atoms with Gasteiger partial charge in [0.1, 0.15) is 12.4 Å². The predicted octanol–water partition coefficient (Wildman–Crippen LogP) is 3.43. The molecule has 11 nitrogen and oxygen atoms in total. The molecule has 4 rings (SSSR count). The van der Waals surface area contributed by atoms with Crippen LogP contribution in [0, 0.1) is 6.92 Å². The number of nitrogens with zero attached hydrogens (tertiary/aromatic N) is 3. The van der Waals surface area contributed by atoms with Gasteiger partial charge in [-0.2, -0.15) is 0 Å². The van der Waals surface area contributed by atoms with Crippen molar-refractivity contribution in [1.82, 2.24) is 20.2 Å². The number of hydrogen-bond donors (Lipinski definition) is 2. The van der Waals surface area contributed by atoms with Gasteiger partial charge in [-0.25, -0.2) is 14.8 Å². The average molecular weight is 487 g/mol. The summed E-state index contributed by atoms with van der Waals surface area (Å²) < 4.78 is 17.4. The number of carbonyl (C=O) groups excluding carboxylic acids is 2. The van der Waals surface area contributed by atoms with Gasteiger partial charge in [-0.05, 0) is 42.5 Å². The van der Waals surface area contributed by atoms with Crippen molar-refractivity contribution in [2.75, 3.05) is 20.2 Å². The summed E-state index contributed by atoms with van der Waals surface area (Å²) in [5, 5.41) is 10.9. The van der Waals surface area contributed by atoms with Crippen LogP contribution in [0.15, 0.2) is 29.4 Å². The van der Waals surface area contributed by atoms with E-state index in [0.29, 0.717) is 59.3 Å². The largest absolute Gasteiger partial charge is 0.493 e. The highest BCUT2D eigenvalue weighted by molar-refractivity contribution is 8.18. The minimum Gasteiger partial charge on any atom is -0.493 e. The summed E-state index contributed by atoms with van der Waals surface area (Å²) in [5.74, 6) is 1.02. The highest BCUT2D eigenvalue weighted by Crippen LogP contribution is 2.36. The molecule has 2 aromatic rings. The Morgan fingerprint density at radius 1 is 1.21 bits per heavy atom. The fourth-order valence-electron chi connectivity index (χ4n) is 3.50. The summed E-state index contributed by atoms with van der Waals surface area (Å²) in [5.41, 5.74) is 1.25. The van der Waals surface area contributed by atoms with Gasteiger partial charge < -0.3 is 24.2 Å². The van der Waals surface area contributed by atoms with Crippen molar-refractivity contribution < 1.29 is 33.7 Å². The number of thioether (sulfide) groups is 1. The molecule has 12 heteroatoms. The van der Waals surface area contributed by atoms with Gasteiger partial charge in [-0.15, -0.1) is 0 Å². The minimum absolute atomic E-state index is 0.156. The normalized spacial score (nSPS) is 17.6. The molecule has 178 valence electrons. The standard InChI is InChI=1S/C22H22N4O7S/c1-12-19(32-14-5-7-26(8-6-14)22(29)30)23-11-24-20(12)33-15-4-3-13(9-16(15)31-2)10-17-18(27)25-21(28)34-17/h3-4,9-11,14H,5-8H2,1-2H3,(H,29,30)(H,25,27,28)/b17-10+. The fraction of sp³-hybridized carbons (Fsp3) is 0.318. The molecule has 0 bridgehead atoms. The molecule has 1 aromatic carbocycles. The highest BCUT2D eigenvalue weighted by atomic mass is 32.2. The van der Waals surface area contributed by atoms with E-state index in [4.69, 9.17) is 19.3 Å². The number of methoxy groups -OCH3 is 1. The number of imide groups is 1. The van der Waals surface area contributed by atoms with E-state index in [0.717, 1.165) is 11.8 Å². The van der Waals surface area contributed by atoms with Gasteiger partial charge in [0.15, 0.2) is 11.5 Å². The van der Waals surface area contributed by atoms with E-state index in [2.05, 4.69) is 15.3 Å². The Hall–Kier alpha value is -3.80. The van der Waals surface area contributed by atoms with Gasteiger partial charge in [-0.3, -0.25) is 14.9 Å². The number of rotatable bonds is 6. The Morgan fingerprint density at radius 3 is 2.59 bits per heavy atom. The number of aromatic nitrogens is 2. The third kappa shape index (κ3) is 5.22. The lowest BCUT2D eigenvalue weighted by molar-refractivity contribution is -0.115. The Labute approximate surface area is 199 Å². The lowest BCUT2D eigenvalue weighted by Gasteiger charge is -2.30. The van der Waals surface area contributed by atoms with Crippen molar-refractivity contribution in [2.24, 2.45) is 0 Å². The molecule has 0 radical (unpaired) electrons. The number of piperidine rings is 1. The number of amides is 3. The maximum atomic E-state index is 11.8. The summed E-state index contributed by atoms with van der Waals surface area (Å²) in [7, 11) is 1.49. The van der Waals surface area contributed by atoms with Crippen LogP contribution in [0.1, 0.15) is 24.0 Å². The fourth-order valence-corrected chi connectivity index (χ4v) is 4.18. The first-order valence-electron chi connectivity index (χ1n) is 10.4. The van der Waals surface area contributed by atoms with Crippen LogP contribution < -0.4 is 19.5 Å². The molecule has 0 aliphatic carbocycles. The second kappa shape index (κ2) is 10.00. The van der Waals surface area contributed by atoms with Crippen molar-refractivity contribution in [3.63, 3.8) is 0 Å². The maximum Gasteiger partial charge on any atom is 0.407 e. The number of likely N-dealkylation sites (tertiary alicyclic amines) is 1. The van der Waals surface area contributed by atoms with Crippen molar-refractivity contribution in [1.29, 1.82) is 0 Å². The van der Waals surface area contributed by atoms with E-state index in [1.807, 2.05) is 0 Å². The van der Waals surface area contributed by atoms with Gasteiger partial charge in [0.05, 0.1) is 17.6 Å². The minimum atomic E-state index is -0.928. The molecule has 3 amide bonds. The van der Waals surface area contributed by atoms with E-state index in [1.54, 1.807) is 31.2 Å². The van der Waals surface area contributed by atoms with E-state index in [9.17, 15) is 14.4 Å². The highest BCUT2D eigenvalue weighted by Gasteiger charge is 2.26. The summed E-state index contributed by atoms with van der Waals surface area (Å²) >= 11 is 0.835. The summed E-state index contributed by atoms with van der Waals surface area (Å²) in [6.45, 7) is 2.58. The van der Waals surface area contributed by atoms with E-state index in [-0.39, 0.29) is 12.0 Å². The number of benzene rings is 1. The van der Waals surface area contributed by atoms with Crippen LogP contribution in [0.5, 0.6) is 23.3 Å². The number of nitrogens with one attached hydrogen (secondary N) is 1. The molecule has 0 unspecified atom stereocenters. The van der Waals surface area contributed by atoms with Gasteiger partial charge in [0.2, 0.25) is 11.8 Å². The zero-order valence-electron chi connectivity index (χ0n) is 18.4. The van der Waals surface area contributed by atoms with Crippen molar-refractivity contribution in [3.8, 4) is 23.3 Å². The SMILES string of the molecule is COc1cc(/C=C2/SC(=O)NC2=O)ccc1Oc1ncnc(OC2CCN(C(=O)O)CC2)c1C. The van der Waals surface area contributed by atoms with Crippen LogP contribution in [0.25, 0.3) is 6.08 Å². The second-order valence-electron chi connectivity index (χ2n) is 7.56. The first-order chi connectivity index (χ1) is 16.3. The molecular formula is C22H22N4O7S. The number of hydrogen-bond acceptors (Lipinski definition) is 9. The number of ether oxygens (including phenoxy) is 3. The van der Waals surface area contributed by atoms with Crippen LogP contribution >= 0.6 is 11.8 Å². The topological polar surface area (TPSA) is 140 Å². The lowest BCUT2D eigenvalue weighted by atomic mass is 10.1. The Kier molecular flexibility index (Phi) is 6.87. The summed E-state index contributed by atoms with van der Waals surface area (Å²) in [6, 6.07) is 5.09. The van der Waals surface area contributed by atoms with Gasteiger partial charge in [0, 0.05) is 25.9 Å². The summed E-state index contributed by atoms with van der Waals surface area (Å²) in [4.78, 5) is 44.3. The van der Waals surface area contributed by atoms with Crippen LogP contribution in [0.2, 0.25) is 0 Å². The van der Waals surface area contributed by atoms with Crippen LogP contribution in [0.3, 0.4) is 0 Å². The van der Waals surface area contributed by atoms with Crippen molar-refractivity contribution in [3.05, 3.63) is 40.6 Å². The third-order valence-electron chi connectivity index (χ3n) is 5.32. The molecule has 2 aliphatic rings. The maximum absolute atomic E-state index is 11.8. The quantitative estimate of drug-likeness (QED) is 0.584. The second-order valence-corrected chi connectivity index (χ2v) is 8.58. The van der Waals surface area contributed by atoms with E-state index < -0.39 is 17.2 Å². The number of carbonyl (C=O) groups is 3.